The van der Waals surface area contributed by atoms with Gasteiger partial charge in [0.1, 0.15) is 0 Å². The SMILES string of the molecule is CC[C@@H]1CC[C@H]2C(=CC[C@@]3(C)[C@H](C(=O)O)[C@@](C)([C@H](C)C(C)C)CC[C@]23C)[C@]1(C[C@H]([C@@H](CC)OC[C@](C)(N)C(C)C)n1nccn1)[C@H](C)O. The average molecular weight is 671 g/mol. The van der Waals surface area contributed by atoms with Crippen molar-refractivity contribution in [3.8, 4) is 0 Å². The summed E-state index contributed by atoms with van der Waals surface area (Å²) < 4.78 is 6.71. The van der Waals surface area contributed by atoms with Crippen LogP contribution in [0.4, 0.5) is 0 Å². The molecule has 1 heterocycles. The summed E-state index contributed by atoms with van der Waals surface area (Å²) in [6.45, 7) is 26.8. The second-order valence-electron chi connectivity index (χ2n) is 18.0. The summed E-state index contributed by atoms with van der Waals surface area (Å²) in [6.07, 6.45) is 12.0. The van der Waals surface area contributed by atoms with Crippen LogP contribution in [0.25, 0.3) is 0 Å². The third-order valence-corrected chi connectivity index (χ3v) is 15.3. The zero-order chi connectivity index (χ0) is 36.0. The molecule has 48 heavy (non-hydrogen) atoms. The van der Waals surface area contributed by atoms with Crippen molar-refractivity contribution < 1.29 is 19.7 Å². The third kappa shape index (κ3) is 6.23. The van der Waals surface area contributed by atoms with Gasteiger partial charge in [0.25, 0.3) is 0 Å². The number of rotatable bonds is 14. The van der Waals surface area contributed by atoms with Crippen molar-refractivity contribution in [3.63, 3.8) is 0 Å². The van der Waals surface area contributed by atoms with Gasteiger partial charge in [-0.25, -0.2) is 0 Å². The maximum absolute atomic E-state index is 13.5. The van der Waals surface area contributed by atoms with Crippen LogP contribution in [0.5, 0.6) is 0 Å². The van der Waals surface area contributed by atoms with E-state index in [1.807, 2.05) is 18.6 Å². The van der Waals surface area contributed by atoms with Crippen LogP contribution in [0.2, 0.25) is 0 Å². The molecule has 0 spiro atoms. The van der Waals surface area contributed by atoms with Crippen LogP contribution in [0, 0.1) is 57.2 Å². The van der Waals surface area contributed by atoms with E-state index in [0.717, 1.165) is 38.5 Å². The molecule has 1 aromatic rings. The Kier molecular flexibility index (Phi) is 11.5. The van der Waals surface area contributed by atoms with E-state index in [1.54, 1.807) is 12.4 Å². The summed E-state index contributed by atoms with van der Waals surface area (Å²) in [5, 5.41) is 32.5. The number of carboxylic acid groups (broad SMARTS) is 1. The minimum absolute atomic E-state index is 0.190. The van der Waals surface area contributed by atoms with Crippen LogP contribution < -0.4 is 5.73 Å². The van der Waals surface area contributed by atoms with Crippen LogP contribution in [0.15, 0.2) is 24.0 Å². The summed E-state index contributed by atoms with van der Waals surface area (Å²) in [4.78, 5) is 15.3. The fourth-order valence-electron chi connectivity index (χ4n) is 11.1. The Morgan fingerprint density at radius 2 is 1.69 bits per heavy atom. The molecule has 2 fully saturated rings. The maximum atomic E-state index is 13.5. The molecule has 0 radical (unpaired) electrons. The highest BCUT2D eigenvalue weighted by Crippen LogP contribution is 2.73. The lowest BCUT2D eigenvalue weighted by Gasteiger charge is -2.68. The number of nitrogens with two attached hydrogens (primary N) is 1. The zero-order valence-corrected chi connectivity index (χ0v) is 32.4. The molecule has 2 saturated carbocycles. The molecule has 3 aliphatic rings. The predicted octanol–water partition coefficient (Wildman–Crippen LogP) is 8.32. The predicted molar refractivity (Wildman–Crippen MR) is 193 cm³/mol. The quantitative estimate of drug-likeness (QED) is 0.170. The molecule has 0 aromatic carbocycles. The van der Waals surface area contributed by atoms with E-state index < -0.39 is 34.4 Å². The molecule has 4 rings (SSSR count). The first-order valence-electron chi connectivity index (χ1n) is 19.2. The number of aliphatic hydroxyl groups excluding tert-OH is 1. The smallest absolute Gasteiger partial charge is 0.307 e. The number of carbonyl (C=O) groups is 1. The number of hydrogen-bond donors (Lipinski definition) is 3. The molecule has 8 nitrogen and oxygen atoms in total. The van der Waals surface area contributed by atoms with E-state index in [4.69, 9.17) is 10.5 Å². The number of carboxylic acids is 1. The second-order valence-corrected chi connectivity index (χ2v) is 18.0. The van der Waals surface area contributed by atoms with Gasteiger partial charge in [-0.05, 0) is 105 Å². The Labute approximate surface area is 292 Å². The molecule has 3 aliphatic carbocycles. The Morgan fingerprint density at radius 1 is 1.06 bits per heavy atom. The highest BCUT2D eigenvalue weighted by molar-refractivity contribution is 5.73. The molecule has 274 valence electrons. The van der Waals surface area contributed by atoms with E-state index in [0.29, 0.717) is 25.4 Å². The van der Waals surface area contributed by atoms with Crippen molar-refractivity contribution >= 4 is 5.97 Å². The Balaban J connectivity index is 1.86. The van der Waals surface area contributed by atoms with E-state index in [9.17, 15) is 15.0 Å². The number of aromatic nitrogens is 3. The summed E-state index contributed by atoms with van der Waals surface area (Å²) in [5.74, 6) is 0.300. The topological polar surface area (TPSA) is 123 Å². The number of nitrogens with zero attached hydrogens (tertiary/aromatic N) is 3. The first kappa shape index (κ1) is 39.0. The number of aliphatic hydroxyl groups is 1. The van der Waals surface area contributed by atoms with Crippen LogP contribution in [-0.2, 0) is 9.53 Å². The molecule has 0 amide bonds. The van der Waals surface area contributed by atoms with Crippen LogP contribution in [-0.4, -0.2) is 55.5 Å². The lowest BCUT2D eigenvalue weighted by molar-refractivity contribution is -0.196. The van der Waals surface area contributed by atoms with Gasteiger partial charge in [0.2, 0.25) is 0 Å². The van der Waals surface area contributed by atoms with Crippen LogP contribution in [0.1, 0.15) is 140 Å². The lowest BCUT2D eigenvalue weighted by Crippen LogP contribution is -2.64. The van der Waals surface area contributed by atoms with Crippen molar-refractivity contribution in [2.75, 3.05) is 6.61 Å². The van der Waals surface area contributed by atoms with Gasteiger partial charge in [-0.1, -0.05) is 87.3 Å². The van der Waals surface area contributed by atoms with Gasteiger partial charge >= 0.3 is 5.97 Å². The summed E-state index contributed by atoms with van der Waals surface area (Å²) in [6, 6.07) is -0.203. The first-order valence-corrected chi connectivity index (χ1v) is 19.2. The third-order valence-electron chi connectivity index (χ3n) is 15.3. The molecule has 0 bridgehead atoms. The van der Waals surface area contributed by atoms with E-state index in [1.165, 1.54) is 5.57 Å². The monoisotopic (exact) mass is 671 g/mol. The Morgan fingerprint density at radius 3 is 2.19 bits per heavy atom. The molecule has 1 aromatic heterocycles. The molecule has 0 saturated heterocycles. The number of fused-ring (bicyclic) bond motifs is 3. The van der Waals surface area contributed by atoms with E-state index in [2.05, 4.69) is 85.5 Å². The van der Waals surface area contributed by atoms with E-state index >= 15 is 0 Å². The van der Waals surface area contributed by atoms with Gasteiger partial charge in [-0.3, -0.25) is 4.79 Å². The average Bonchev–Trinajstić information content (AvgIpc) is 3.55. The lowest BCUT2D eigenvalue weighted by atomic mass is 9.35. The van der Waals surface area contributed by atoms with Crippen molar-refractivity contribution in [1.29, 1.82) is 0 Å². The largest absolute Gasteiger partial charge is 0.481 e. The highest BCUT2D eigenvalue weighted by atomic mass is 16.5. The molecule has 8 heteroatoms. The van der Waals surface area contributed by atoms with Gasteiger partial charge in [0.15, 0.2) is 0 Å². The number of hydrogen-bond acceptors (Lipinski definition) is 6. The Hall–Kier alpha value is -1.77. The van der Waals surface area contributed by atoms with Gasteiger partial charge in [-0.15, -0.1) is 0 Å². The maximum Gasteiger partial charge on any atom is 0.307 e. The fourth-order valence-corrected chi connectivity index (χ4v) is 11.1. The van der Waals surface area contributed by atoms with Gasteiger partial charge < -0.3 is 20.7 Å². The minimum Gasteiger partial charge on any atom is -0.481 e. The summed E-state index contributed by atoms with van der Waals surface area (Å²) in [5.41, 5.74) is 6.12. The number of ether oxygens (including phenoxy) is 1. The highest BCUT2D eigenvalue weighted by Gasteiger charge is 2.68. The van der Waals surface area contributed by atoms with Crippen molar-refractivity contribution in [1.82, 2.24) is 15.0 Å². The van der Waals surface area contributed by atoms with Gasteiger partial charge in [0, 0.05) is 11.0 Å². The van der Waals surface area contributed by atoms with Gasteiger partial charge in [-0.2, -0.15) is 15.0 Å². The Bertz CT molecular complexity index is 1280. The molecule has 0 aliphatic heterocycles. The zero-order valence-electron chi connectivity index (χ0n) is 32.4. The van der Waals surface area contributed by atoms with Gasteiger partial charge in [0.05, 0.1) is 43.2 Å². The second kappa shape index (κ2) is 14.1. The fraction of sp³-hybridized carbons (Fsp3) is 0.875. The molecular weight excluding hydrogens is 600 g/mol. The number of allylic oxidation sites excluding steroid dienone is 1. The van der Waals surface area contributed by atoms with Crippen molar-refractivity contribution in [2.24, 2.45) is 62.9 Å². The molecule has 12 atom stereocenters. The van der Waals surface area contributed by atoms with Crippen molar-refractivity contribution in [3.05, 3.63) is 24.0 Å². The van der Waals surface area contributed by atoms with Crippen LogP contribution >= 0.6 is 0 Å². The molecule has 4 N–H and O–H groups in total. The first-order chi connectivity index (χ1) is 22.3. The van der Waals surface area contributed by atoms with Crippen LogP contribution in [0.3, 0.4) is 0 Å². The van der Waals surface area contributed by atoms with Crippen molar-refractivity contribution in [2.45, 2.75) is 158 Å². The minimum atomic E-state index is -0.652. The molecular formula is C40H70N4O4. The standard InChI is InChI=1S/C40H70N4O4/c1-13-29-15-16-30-31(17-18-38(11)34(35(46)47)36(9,27(7)25(3)4)19-20-37(30,38)10)40(29,28(8)45)23-32(44-42-21-22-43-44)33(14-2)48-24-39(12,41)26(5)6/h17,21-22,25-30,32-34,45H,13-16,18-20,23-24,41H2,1-12H3,(H,46,47)/t27-,28+,29-,30+,32-,33-,34-,36-,37-,38+,39+,40-/m1/s1. The summed E-state index contributed by atoms with van der Waals surface area (Å²) >= 11 is 0. The number of aliphatic carboxylic acids is 1. The normalized spacial score (nSPS) is 37.6. The summed E-state index contributed by atoms with van der Waals surface area (Å²) in [7, 11) is 0. The molecule has 0 unspecified atom stereocenters. The van der Waals surface area contributed by atoms with E-state index in [-0.39, 0.29) is 46.6 Å².